The molecule has 0 spiro atoms. The molecule has 0 aromatic carbocycles. The minimum Gasteiger partial charge on any atom is -0.550 e. The molecule has 0 amide bonds. The van der Waals surface area contributed by atoms with Gasteiger partial charge in [0.25, 0.3) is 0 Å². The van der Waals surface area contributed by atoms with Gasteiger partial charge >= 0.3 is 0 Å². The summed E-state index contributed by atoms with van der Waals surface area (Å²) < 4.78 is 0. The summed E-state index contributed by atoms with van der Waals surface area (Å²) in [5, 5.41) is 11.2. The molecule has 0 rings (SSSR count). The van der Waals surface area contributed by atoms with E-state index in [4.69, 9.17) is 19.6 Å². The molecule has 6 nitrogen and oxygen atoms in total. The van der Waals surface area contributed by atoms with Gasteiger partial charge in [-0.15, -0.1) is 0 Å². The second-order valence-corrected chi connectivity index (χ2v) is 6.85. The minimum atomic E-state index is -1.60. The Morgan fingerprint density at radius 2 is 1.25 bits per heavy atom. The van der Waals surface area contributed by atoms with Gasteiger partial charge in [0, 0.05) is 0 Å². The Hall–Kier alpha value is -0.690. The van der Waals surface area contributed by atoms with Crippen molar-refractivity contribution in [2.24, 2.45) is 5.92 Å². The molecule has 0 radical (unpaired) electrons. The molecule has 120 valence electrons. The third-order valence-electron chi connectivity index (χ3n) is 2.24. The van der Waals surface area contributed by atoms with Gasteiger partial charge in [-0.3, -0.25) is 0 Å². The Morgan fingerprint density at radius 3 is 1.45 bits per heavy atom. The summed E-state index contributed by atoms with van der Waals surface area (Å²) in [6.45, 7) is 13.8. The van der Waals surface area contributed by atoms with Crippen LogP contribution in [0.4, 0.5) is 0 Å². The molecule has 0 aliphatic heterocycles. The van der Waals surface area contributed by atoms with Crippen molar-refractivity contribution in [2.75, 3.05) is 0 Å². The molecular formula is C14H27O6-. The molecule has 0 aliphatic carbocycles. The van der Waals surface area contributed by atoms with Gasteiger partial charge in [0.2, 0.25) is 5.79 Å². The fourth-order valence-corrected chi connectivity index (χ4v) is 1.30. The molecule has 0 saturated carbocycles. The van der Waals surface area contributed by atoms with Gasteiger partial charge in [-0.05, 0) is 54.9 Å². The monoisotopic (exact) mass is 291 g/mol. The Balaban J connectivity index is 5.05. The summed E-state index contributed by atoms with van der Waals surface area (Å²) in [4.78, 5) is 32.1. The normalized spacial score (nSPS) is 15.2. The van der Waals surface area contributed by atoms with Crippen LogP contribution in [0.3, 0.4) is 0 Å². The maximum atomic E-state index is 11.2. The summed E-state index contributed by atoms with van der Waals surface area (Å²) in [6.07, 6.45) is 0.250. The van der Waals surface area contributed by atoms with E-state index >= 15 is 0 Å². The van der Waals surface area contributed by atoms with Crippen LogP contribution in [0.5, 0.6) is 0 Å². The van der Waals surface area contributed by atoms with E-state index in [-0.39, 0.29) is 6.42 Å². The molecule has 0 aromatic rings. The average Bonchev–Trinajstić information content (AvgIpc) is 2.22. The molecule has 0 heterocycles. The summed E-state index contributed by atoms with van der Waals surface area (Å²) in [5.74, 6) is -3.93. The lowest BCUT2D eigenvalue weighted by Crippen LogP contribution is -2.51. The lowest BCUT2D eigenvalue weighted by molar-refractivity contribution is -0.547. The molecule has 1 atom stereocenters. The van der Waals surface area contributed by atoms with E-state index in [0.717, 1.165) is 0 Å². The van der Waals surface area contributed by atoms with E-state index in [0.29, 0.717) is 0 Å². The number of hydrogen-bond acceptors (Lipinski definition) is 6. The van der Waals surface area contributed by atoms with Crippen molar-refractivity contribution >= 4 is 5.97 Å². The van der Waals surface area contributed by atoms with E-state index < -0.39 is 28.9 Å². The SMILES string of the molecule is CCC(C(=O)[O-])C(C)(OOC(C)(C)C)OOC(C)(C)C. The van der Waals surface area contributed by atoms with Crippen molar-refractivity contribution in [3.05, 3.63) is 0 Å². The highest BCUT2D eigenvalue weighted by Crippen LogP contribution is 2.30. The highest BCUT2D eigenvalue weighted by molar-refractivity contribution is 5.68. The van der Waals surface area contributed by atoms with Crippen molar-refractivity contribution < 1.29 is 29.5 Å². The average molecular weight is 291 g/mol. The number of hydrogen-bond donors (Lipinski definition) is 0. The summed E-state index contributed by atoms with van der Waals surface area (Å²) in [7, 11) is 0. The van der Waals surface area contributed by atoms with Crippen LogP contribution in [0.2, 0.25) is 0 Å². The fraction of sp³-hybridized carbons (Fsp3) is 0.929. The van der Waals surface area contributed by atoms with Gasteiger partial charge in [-0.25, -0.2) is 9.78 Å². The van der Waals surface area contributed by atoms with Gasteiger partial charge in [0.05, 0.1) is 23.1 Å². The van der Waals surface area contributed by atoms with E-state index in [1.54, 1.807) is 48.5 Å². The lowest BCUT2D eigenvalue weighted by Gasteiger charge is -2.37. The summed E-state index contributed by atoms with van der Waals surface area (Å²) in [6, 6.07) is 0. The number of carbonyl (C=O) groups is 1. The van der Waals surface area contributed by atoms with Gasteiger partial charge in [0.1, 0.15) is 0 Å². The second-order valence-electron chi connectivity index (χ2n) is 6.85. The molecular weight excluding hydrogens is 264 g/mol. The van der Waals surface area contributed by atoms with E-state index in [1.807, 2.05) is 0 Å². The summed E-state index contributed by atoms with van der Waals surface area (Å²) >= 11 is 0. The minimum absolute atomic E-state index is 0.250. The van der Waals surface area contributed by atoms with Crippen LogP contribution in [0, 0.1) is 5.92 Å². The van der Waals surface area contributed by atoms with Crippen LogP contribution in [0.15, 0.2) is 0 Å². The molecule has 0 aliphatic rings. The quantitative estimate of drug-likeness (QED) is 0.405. The van der Waals surface area contributed by atoms with Gasteiger partial charge in [-0.1, -0.05) is 6.92 Å². The first-order valence-electron chi connectivity index (χ1n) is 6.75. The standard InChI is InChI=1S/C14H28O6/c1-9-10(11(15)16)14(8,19-17-12(2,3)4)20-18-13(5,6)7/h10H,9H2,1-8H3,(H,15,16)/p-1. The molecule has 0 fully saturated rings. The molecule has 6 heteroatoms. The maximum absolute atomic E-state index is 11.2. The number of carbonyl (C=O) groups excluding carboxylic acids is 1. The first kappa shape index (κ1) is 19.3. The van der Waals surface area contributed by atoms with Crippen LogP contribution in [0.25, 0.3) is 0 Å². The van der Waals surface area contributed by atoms with Gasteiger partial charge in [-0.2, -0.15) is 9.78 Å². The van der Waals surface area contributed by atoms with Gasteiger partial charge in [0.15, 0.2) is 0 Å². The molecule has 20 heavy (non-hydrogen) atoms. The van der Waals surface area contributed by atoms with E-state index in [1.165, 1.54) is 6.92 Å². The largest absolute Gasteiger partial charge is 0.550 e. The van der Waals surface area contributed by atoms with Crippen molar-refractivity contribution in [2.45, 2.75) is 78.8 Å². The smallest absolute Gasteiger partial charge is 0.239 e. The van der Waals surface area contributed by atoms with Crippen molar-refractivity contribution in [1.82, 2.24) is 0 Å². The van der Waals surface area contributed by atoms with Crippen LogP contribution in [-0.4, -0.2) is 23.0 Å². The Morgan fingerprint density at radius 1 is 0.900 bits per heavy atom. The Labute approximate surface area is 121 Å². The highest BCUT2D eigenvalue weighted by Gasteiger charge is 2.41. The molecule has 0 aromatic heterocycles. The van der Waals surface area contributed by atoms with Gasteiger partial charge < -0.3 is 9.90 Å². The third kappa shape index (κ3) is 7.19. The third-order valence-corrected chi connectivity index (χ3v) is 2.24. The van der Waals surface area contributed by atoms with E-state index in [2.05, 4.69) is 0 Å². The van der Waals surface area contributed by atoms with Crippen molar-refractivity contribution in [1.29, 1.82) is 0 Å². The number of carboxylic acids is 1. The van der Waals surface area contributed by atoms with Crippen LogP contribution >= 0.6 is 0 Å². The highest BCUT2D eigenvalue weighted by atomic mass is 17.3. The van der Waals surface area contributed by atoms with E-state index in [9.17, 15) is 9.90 Å². The maximum Gasteiger partial charge on any atom is 0.239 e. The molecule has 0 saturated heterocycles. The Kier molecular flexibility index (Phi) is 6.61. The molecule has 1 unspecified atom stereocenters. The number of aliphatic carboxylic acids is 1. The fourth-order valence-electron chi connectivity index (χ4n) is 1.30. The van der Waals surface area contributed by atoms with Crippen LogP contribution in [0.1, 0.15) is 61.8 Å². The zero-order valence-corrected chi connectivity index (χ0v) is 13.7. The Bertz CT molecular complexity index is 295. The second kappa shape index (κ2) is 6.85. The predicted molar refractivity (Wildman–Crippen MR) is 71.0 cm³/mol. The first-order valence-corrected chi connectivity index (χ1v) is 6.75. The van der Waals surface area contributed by atoms with Crippen molar-refractivity contribution in [3.8, 4) is 0 Å². The first-order chi connectivity index (χ1) is 8.81. The number of rotatable bonds is 7. The van der Waals surface area contributed by atoms with Crippen LogP contribution < -0.4 is 5.11 Å². The zero-order chi connectivity index (χ0) is 16.2. The molecule has 0 N–H and O–H groups in total. The number of carboxylic acid groups (broad SMARTS) is 1. The zero-order valence-electron chi connectivity index (χ0n) is 13.7. The topological polar surface area (TPSA) is 77.1 Å². The lowest BCUT2D eigenvalue weighted by atomic mass is 9.97. The van der Waals surface area contributed by atoms with Crippen molar-refractivity contribution in [3.63, 3.8) is 0 Å². The molecule has 0 bridgehead atoms. The predicted octanol–water partition coefficient (Wildman–Crippen LogP) is 1.97. The summed E-state index contributed by atoms with van der Waals surface area (Å²) in [5.41, 5.74) is -1.23. The van der Waals surface area contributed by atoms with Crippen LogP contribution in [-0.2, 0) is 24.3 Å².